The number of amides is 1. The number of H-pyrrole nitrogens is 1. The average Bonchev–Trinajstić information content (AvgIpc) is 3.49. The summed E-state index contributed by atoms with van der Waals surface area (Å²) in [7, 11) is -3.70. The molecule has 4 heterocycles. The first-order valence-electron chi connectivity index (χ1n) is 13.8. The van der Waals surface area contributed by atoms with Gasteiger partial charge < -0.3 is 15.0 Å². The second kappa shape index (κ2) is 9.99. The van der Waals surface area contributed by atoms with Crippen molar-refractivity contribution in [3.63, 3.8) is 0 Å². The fraction of sp³-hybridized carbons (Fsp3) is 0.290. The summed E-state index contributed by atoms with van der Waals surface area (Å²) in [6.45, 7) is 1.39. The molecule has 0 atom stereocenters. The lowest BCUT2D eigenvalue weighted by Gasteiger charge is -2.26. The fourth-order valence-electron chi connectivity index (χ4n) is 6.14. The lowest BCUT2D eigenvalue weighted by molar-refractivity contribution is -0.110. The summed E-state index contributed by atoms with van der Waals surface area (Å²) < 4.78 is 33.5. The third-order valence-electron chi connectivity index (χ3n) is 8.21. The molecule has 7 rings (SSSR count). The van der Waals surface area contributed by atoms with Crippen LogP contribution >= 0.6 is 0 Å². The predicted molar refractivity (Wildman–Crippen MR) is 155 cm³/mol. The van der Waals surface area contributed by atoms with Gasteiger partial charge in [0.25, 0.3) is 5.91 Å². The van der Waals surface area contributed by atoms with Gasteiger partial charge in [-0.2, -0.15) is 4.31 Å². The molecule has 2 N–H and O–H groups in total. The van der Waals surface area contributed by atoms with Gasteiger partial charge in [0.1, 0.15) is 0 Å². The molecule has 2 aliphatic heterocycles. The molecule has 2 aromatic carbocycles. The molecule has 9 heteroatoms. The standard InChI is InChI=1S/C31H30N4O4S/c36-31-26(24-17-21(9-10-28(24)34-31)40(37,38)35-13-15-39-16-14-35)19-30-25(23-7-3-4-8-27(23)33-30)18-29-22-6-2-1-5-20(22)11-12-32-29/h1-2,5-6,9-12,17,19,33H,3-4,7-8,13-16,18H2,(H,34,36). The Morgan fingerprint density at radius 2 is 1.85 bits per heavy atom. The summed E-state index contributed by atoms with van der Waals surface area (Å²) in [5, 5.41) is 5.19. The highest BCUT2D eigenvalue weighted by atomic mass is 32.2. The monoisotopic (exact) mass is 554 g/mol. The maximum Gasteiger partial charge on any atom is 0.256 e. The molecule has 1 amide bonds. The van der Waals surface area contributed by atoms with Crippen LogP contribution < -0.4 is 5.32 Å². The molecule has 204 valence electrons. The molecular formula is C31H30N4O4S. The molecule has 1 saturated heterocycles. The molecule has 8 nitrogen and oxygen atoms in total. The fourth-order valence-corrected chi connectivity index (χ4v) is 7.58. The number of ether oxygens (including phenoxy) is 1. The molecule has 40 heavy (non-hydrogen) atoms. The van der Waals surface area contributed by atoms with Crippen molar-refractivity contribution in [1.29, 1.82) is 0 Å². The van der Waals surface area contributed by atoms with Crippen LogP contribution in [-0.4, -0.2) is 54.9 Å². The SMILES string of the molecule is O=C1Nc2ccc(S(=O)(=O)N3CCOCC3)cc2C1=Cc1[nH]c2c(c1Cc1nccc3ccccc13)CCCC2. The number of hydrogen-bond donors (Lipinski definition) is 2. The number of fused-ring (bicyclic) bond motifs is 3. The van der Waals surface area contributed by atoms with E-state index in [1.54, 1.807) is 18.2 Å². The zero-order valence-corrected chi connectivity index (χ0v) is 22.9. The predicted octanol–water partition coefficient (Wildman–Crippen LogP) is 4.55. The summed E-state index contributed by atoms with van der Waals surface area (Å²) in [6, 6.07) is 15.2. The summed E-state index contributed by atoms with van der Waals surface area (Å²) in [5.41, 5.74) is 7.25. The van der Waals surface area contributed by atoms with Gasteiger partial charge in [0.15, 0.2) is 0 Å². The number of anilines is 1. The smallest absolute Gasteiger partial charge is 0.256 e. The molecule has 1 fully saturated rings. The number of rotatable bonds is 5. The lowest BCUT2D eigenvalue weighted by Crippen LogP contribution is -2.40. The van der Waals surface area contributed by atoms with E-state index in [2.05, 4.69) is 22.4 Å². The first kappa shape index (κ1) is 25.2. The van der Waals surface area contributed by atoms with E-state index in [0.717, 1.165) is 53.4 Å². The maximum absolute atomic E-state index is 13.4. The van der Waals surface area contributed by atoms with E-state index >= 15 is 0 Å². The zero-order chi connectivity index (χ0) is 27.3. The summed E-state index contributed by atoms with van der Waals surface area (Å²) in [6.07, 6.45) is 8.60. The number of aryl methyl sites for hydroxylation is 1. The highest BCUT2D eigenvalue weighted by Crippen LogP contribution is 2.38. The normalized spacial score (nSPS) is 18.6. The molecular weight excluding hydrogens is 524 g/mol. The van der Waals surface area contributed by atoms with Gasteiger partial charge >= 0.3 is 0 Å². The molecule has 1 aliphatic carbocycles. The molecule has 0 radical (unpaired) electrons. The van der Waals surface area contributed by atoms with Crippen LogP contribution in [0.25, 0.3) is 22.4 Å². The highest BCUT2D eigenvalue weighted by Gasteiger charge is 2.31. The van der Waals surface area contributed by atoms with E-state index in [9.17, 15) is 13.2 Å². The minimum atomic E-state index is -3.70. The Morgan fingerprint density at radius 3 is 2.73 bits per heavy atom. The van der Waals surface area contributed by atoms with Crippen LogP contribution in [0.4, 0.5) is 5.69 Å². The van der Waals surface area contributed by atoms with Gasteiger partial charge in [0.05, 0.1) is 29.4 Å². The number of aromatic amines is 1. The zero-order valence-electron chi connectivity index (χ0n) is 22.1. The molecule has 0 bridgehead atoms. The number of aromatic nitrogens is 2. The minimum absolute atomic E-state index is 0.182. The van der Waals surface area contributed by atoms with Gasteiger partial charge in [-0.05, 0) is 72.5 Å². The molecule has 0 saturated carbocycles. The Bertz CT molecular complexity index is 1780. The second-order valence-electron chi connectivity index (χ2n) is 10.6. The maximum atomic E-state index is 13.4. The number of morpholine rings is 1. The topological polar surface area (TPSA) is 104 Å². The summed E-state index contributed by atoms with van der Waals surface area (Å²) >= 11 is 0. The van der Waals surface area contributed by atoms with Crippen molar-refractivity contribution in [3.8, 4) is 0 Å². The van der Waals surface area contributed by atoms with Gasteiger partial charge in [0, 0.05) is 53.7 Å². The number of nitrogens with one attached hydrogen (secondary N) is 2. The minimum Gasteiger partial charge on any atom is -0.379 e. The van der Waals surface area contributed by atoms with Crippen molar-refractivity contribution in [1.82, 2.24) is 14.3 Å². The Morgan fingerprint density at radius 1 is 1.02 bits per heavy atom. The van der Waals surface area contributed by atoms with E-state index in [0.29, 0.717) is 49.5 Å². The molecule has 3 aliphatic rings. The van der Waals surface area contributed by atoms with Gasteiger partial charge in [-0.1, -0.05) is 24.3 Å². The summed E-state index contributed by atoms with van der Waals surface area (Å²) in [5.74, 6) is -0.238. The van der Waals surface area contributed by atoms with Crippen molar-refractivity contribution in [3.05, 3.63) is 88.5 Å². The van der Waals surface area contributed by atoms with Gasteiger partial charge in [0.2, 0.25) is 10.0 Å². The lowest BCUT2D eigenvalue weighted by atomic mass is 9.91. The number of pyridine rings is 1. The van der Waals surface area contributed by atoms with Crippen LogP contribution in [0.5, 0.6) is 0 Å². The van der Waals surface area contributed by atoms with Crippen molar-refractivity contribution >= 4 is 44.0 Å². The van der Waals surface area contributed by atoms with Gasteiger partial charge in [-0.3, -0.25) is 9.78 Å². The Kier molecular flexibility index (Phi) is 6.30. The number of sulfonamides is 1. The molecule has 2 aromatic heterocycles. The Labute approximate surface area is 233 Å². The average molecular weight is 555 g/mol. The van der Waals surface area contributed by atoms with Crippen molar-refractivity contribution < 1.29 is 17.9 Å². The van der Waals surface area contributed by atoms with Crippen LogP contribution in [0, 0.1) is 0 Å². The van der Waals surface area contributed by atoms with Crippen molar-refractivity contribution in [2.45, 2.75) is 37.0 Å². The Hall–Kier alpha value is -3.79. The second-order valence-corrected chi connectivity index (χ2v) is 12.5. The highest BCUT2D eigenvalue weighted by molar-refractivity contribution is 7.89. The first-order chi connectivity index (χ1) is 19.5. The molecule has 0 unspecified atom stereocenters. The van der Waals surface area contributed by atoms with Crippen molar-refractivity contribution in [2.24, 2.45) is 0 Å². The van der Waals surface area contributed by atoms with E-state index in [4.69, 9.17) is 9.72 Å². The van der Waals surface area contributed by atoms with Crippen LogP contribution in [0.3, 0.4) is 0 Å². The van der Waals surface area contributed by atoms with E-state index < -0.39 is 10.0 Å². The van der Waals surface area contributed by atoms with Crippen molar-refractivity contribution in [2.75, 3.05) is 31.6 Å². The number of carbonyl (C=O) groups excluding carboxylic acids is 1. The van der Waals surface area contributed by atoms with E-state index in [-0.39, 0.29) is 10.8 Å². The quantitative estimate of drug-likeness (QED) is 0.353. The third-order valence-corrected chi connectivity index (χ3v) is 10.1. The van der Waals surface area contributed by atoms with Crippen LogP contribution in [0.15, 0.2) is 59.6 Å². The molecule has 0 spiro atoms. The number of benzene rings is 2. The third kappa shape index (κ3) is 4.34. The number of nitrogens with zero attached hydrogens (tertiary/aromatic N) is 2. The summed E-state index contributed by atoms with van der Waals surface area (Å²) in [4.78, 5) is 21.8. The number of carbonyl (C=O) groups is 1. The van der Waals surface area contributed by atoms with Gasteiger partial charge in [-0.25, -0.2) is 8.42 Å². The van der Waals surface area contributed by atoms with E-state index in [1.807, 2.05) is 30.5 Å². The Balaban J connectivity index is 1.32. The van der Waals surface area contributed by atoms with Crippen LogP contribution in [0.2, 0.25) is 0 Å². The van der Waals surface area contributed by atoms with Crippen LogP contribution in [-0.2, 0) is 38.8 Å². The largest absolute Gasteiger partial charge is 0.379 e. The van der Waals surface area contributed by atoms with E-state index in [1.165, 1.54) is 15.6 Å². The van der Waals surface area contributed by atoms with Gasteiger partial charge in [-0.15, -0.1) is 0 Å². The first-order valence-corrected chi connectivity index (χ1v) is 15.2. The number of hydrogen-bond acceptors (Lipinski definition) is 5. The van der Waals surface area contributed by atoms with Crippen LogP contribution in [0.1, 0.15) is 46.6 Å². The molecule has 4 aromatic rings.